The van der Waals surface area contributed by atoms with E-state index in [1.54, 1.807) is 18.3 Å². The first-order valence-electron chi connectivity index (χ1n) is 8.12. The molecule has 0 aliphatic carbocycles. The SMILES string of the molecule is Cc1cc(C)n(CCNC(=O)c2cccnc2OC2CCOC2)n1. The van der Waals surface area contributed by atoms with Gasteiger partial charge in [0.25, 0.3) is 5.91 Å². The van der Waals surface area contributed by atoms with Crippen molar-refractivity contribution in [2.24, 2.45) is 0 Å². The number of aryl methyl sites for hydroxylation is 2. The third-order valence-corrected chi connectivity index (χ3v) is 3.89. The van der Waals surface area contributed by atoms with Gasteiger partial charge in [0, 0.05) is 24.9 Å². The number of pyridine rings is 1. The van der Waals surface area contributed by atoms with E-state index < -0.39 is 0 Å². The first kappa shape index (κ1) is 16.4. The van der Waals surface area contributed by atoms with Crippen molar-refractivity contribution in [3.8, 4) is 5.88 Å². The summed E-state index contributed by atoms with van der Waals surface area (Å²) < 4.78 is 13.0. The first-order chi connectivity index (χ1) is 11.6. The molecule has 1 amide bonds. The van der Waals surface area contributed by atoms with Crippen LogP contribution in [0.5, 0.6) is 5.88 Å². The van der Waals surface area contributed by atoms with Crippen LogP contribution in [0.15, 0.2) is 24.4 Å². The summed E-state index contributed by atoms with van der Waals surface area (Å²) in [4.78, 5) is 16.6. The Labute approximate surface area is 141 Å². The summed E-state index contributed by atoms with van der Waals surface area (Å²) in [5.41, 5.74) is 2.49. The van der Waals surface area contributed by atoms with E-state index in [1.165, 1.54) is 0 Å². The third kappa shape index (κ3) is 3.91. The number of hydrogen-bond donors (Lipinski definition) is 1. The molecule has 3 rings (SSSR count). The molecule has 3 heterocycles. The van der Waals surface area contributed by atoms with Crippen molar-refractivity contribution in [3.05, 3.63) is 41.3 Å². The number of carbonyl (C=O) groups excluding carboxylic acids is 1. The summed E-state index contributed by atoms with van der Waals surface area (Å²) in [7, 11) is 0. The highest BCUT2D eigenvalue weighted by molar-refractivity contribution is 5.96. The Balaban J connectivity index is 1.59. The van der Waals surface area contributed by atoms with Gasteiger partial charge in [-0.3, -0.25) is 9.48 Å². The van der Waals surface area contributed by atoms with Crippen LogP contribution in [0.4, 0.5) is 0 Å². The molecule has 0 bridgehead atoms. The van der Waals surface area contributed by atoms with Crippen LogP contribution in [0, 0.1) is 13.8 Å². The molecule has 1 unspecified atom stereocenters. The topological polar surface area (TPSA) is 78.3 Å². The number of ether oxygens (including phenoxy) is 2. The van der Waals surface area contributed by atoms with Gasteiger partial charge < -0.3 is 14.8 Å². The summed E-state index contributed by atoms with van der Waals surface area (Å²) in [6, 6.07) is 5.46. The van der Waals surface area contributed by atoms with Gasteiger partial charge in [-0.05, 0) is 32.0 Å². The smallest absolute Gasteiger partial charge is 0.256 e. The second-order valence-electron chi connectivity index (χ2n) is 5.87. The summed E-state index contributed by atoms with van der Waals surface area (Å²) in [5, 5.41) is 7.28. The molecule has 1 aliphatic heterocycles. The lowest BCUT2D eigenvalue weighted by Gasteiger charge is -2.14. The molecule has 0 spiro atoms. The molecule has 0 aromatic carbocycles. The average molecular weight is 330 g/mol. The fourth-order valence-corrected chi connectivity index (χ4v) is 2.69. The van der Waals surface area contributed by atoms with E-state index in [-0.39, 0.29) is 12.0 Å². The van der Waals surface area contributed by atoms with Crippen LogP contribution in [0.3, 0.4) is 0 Å². The van der Waals surface area contributed by atoms with Crippen LogP contribution in [-0.2, 0) is 11.3 Å². The van der Waals surface area contributed by atoms with E-state index >= 15 is 0 Å². The zero-order valence-electron chi connectivity index (χ0n) is 14.0. The molecule has 2 aromatic rings. The van der Waals surface area contributed by atoms with E-state index in [0.717, 1.165) is 17.8 Å². The Morgan fingerprint density at radius 3 is 3.08 bits per heavy atom. The van der Waals surface area contributed by atoms with Crippen molar-refractivity contribution >= 4 is 5.91 Å². The van der Waals surface area contributed by atoms with E-state index in [1.807, 2.05) is 24.6 Å². The predicted molar refractivity (Wildman–Crippen MR) is 88.1 cm³/mol. The number of aromatic nitrogens is 3. The van der Waals surface area contributed by atoms with Crippen molar-refractivity contribution in [2.45, 2.75) is 32.9 Å². The molecule has 128 valence electrons. The molecule has 1 N–H and O–H groups in total. The second-order valence-corrected chi connectivity index (χ2v) is 5.87. The fraction of sp³-hybridized carbons (Fsp3) is 0.471. The Morgan fingerprint density at radius 2 is 2.38 bits per heavy atom. The first-order valence-corrected chi connectivity index (χ1v) is 8.12. The molecule has 2 aromatic heterocycles. The Hall–Kier alpha value is -2.41. The minimum Gasteiger partial charge on any atom is -0.471 e. The standard InChI is InChI=1S/C17H22N4O3/c1-12-10-13(2)21(20-12)8-7-18-16(22)15-4-3-6-19-17(15)24-14-5-9-23-11-14/h3-4,6,10,14H,5,7-9,11H2,1-2H3,(H,18,22). The molecule has 24 heavy (non-hydrogen) atoms. The van der Waals surface area contributed by atoms with Gasteiger partial charge >= 0.3 is 0 Å². The van der Waals surface area contributed by atoms with Crippen molar-refractivity contribution in [1.82, 2.24) is 20.1 Å². The van der Waals surface area contributed by atoms with Crippen LogP contribution in [0.25, 0.3) is 0 Å². The van der Waals surface area contributed by atoms with E-state index in [9.17, 15) is 4.79 Å². The molecule has 1 atom stereocenters. The Morgan fingerprint density at radius 1 is 1.50 bits per heavy atom. The molecular formula is C17H22N4O3. The molecule has 0 radical (unpaired) electrons. The summed E-state index contributed by atoms with van der Waals surface area (Å²) >= 11 is 0. The monoisotopic (exact) mass is 330 g/mol. The van der Waals surface area contributed by atoms with Gasteiger partial charge in [0.1, 0.15) is 11.7 Å². The zero-order valence-corrected chi connectivity index (χ0v) is 14.0. The predicted octanol–water partition coefficient (Wildman–Crippen LogP) is 1.49. The number of hydrogen-bond acceptors (Lipinski definition) is 5. The highest BCUT2D eigenvalue weighted by Crippen LogP contribution is 2.19. The Bertz CT molecular complexity index is 708. The van der Waals surface area contributed by atoms with Crippen LogP contribution < -0.4 is 10.1 Å². The minimum atomic E-state index is -0.196. The normalized spacial score (nSPS) is 17.0. The molecule has 0 saturated carbocycles. The van der Waals surface area contributed by atoms with Crippen LogP contribution in [0.1, 0.15) is 28.2 Å². The molecule has 1 fully saturated rings. The highest BCUT2D eigenvalue weighted by atomic mass is 16.5. The molecular weight excluding hydrogens is 308 g/mol. The third-order valence-electron chi connectivity index (χ3n) is 3.89. The summed E-state index contributed by atoms with van der Waals surface area (Å²) in [5.74, 6) is 0.162. The van der Waals surface area contributed by atoms with Gasteiger partial charge in [0.2, 0.25) is 5.88 Å². The lowest BCUT2D eigenvalue weighted by molar-refractivity contribution is 0.0938. The second kappa shape index (κ2) is 7.44. The van der Waals surface area contributed by atoms with Crippen molar-refractivity contribution < 1.29 is 14.3 Å². The summed E-state index contributed by atoms with van der Waals surface area (Å²) in [6.45, 7) is 6.28. The van der Waals surface area contributed by atoms with Crippen molar-refractivity contribution in [1.29, 1.82) is 0 Å². The van der Waals surface area contributed by atoms with Crippen molar-refractivity contribution in [2.75, 3.05) is 19.8 Å². The van der Waals surface area contributed by atoms with Gasteiger partial charge in [-0.15, -0.1) is 0 Å². The lowest BCUT2D eigenvalue weighted by atomic mass is 10.2. The number of rotatable bonds is 6. The number of carbonyl (C=O) groups is 1. The maximum atomic E-state index is 12.4. The number of nitrogens with zero attached hydrogens (tertiary/aromatic N) is 3. The van der Waals surface area contributed by atoms with Gasteiger partial charge in [-0.1, -0.05) is 0 Å². The largest absolute Gasteiger partial charge is 0.471 e. The van der Waals surface area contributed by atoms with Gasteiger partial charge in [0.05, 0.1) is 25.5 Å². The van der Waals surface area contributed by atoms with E-state index in [2.05, 4.69) is 15.4 Å². The van der Waals surface area contributed by atoms with E-state index in [0.29, 0.717) is 37.7 Å². The van der Waals surface area contributed by atoms with Crippen LogP contribution >= 0.6 is 0 Å². The van der Waals surface area contributed by atoms with Crippen molar-refractivity contribution in [3.63, 3.8) is 0 Å². The quantitative estimate of drug-likeness (QED) is 0.868. The Kier molecular flexibility index (Phi) is 5.10. The fourth-order valence-electron chi connectivity index (χ4n) is 2.69. The highest BCUT2D eigenvalue weighted by Gasteiger charge is 2.21. The zero-order chi connectivity index (χ0) is 16.9. The summed E-state index contributed by atoms with van der Waals surface area (Å²) in [6.07, 6.45) is 2.40. The molecule has 7 heteroatoms. The maximum Gasteiger partial charge on any atom is 0.256 e. The average Bonchev–Trinajstić information content (AvgIpc) is 3.17. The number of amides is 1. The van der Waals surface area contributed by atoms with E-state index in [4.69, 9.17) is 9.47 Å². The van der Waals surface area contributed by atoms with Gasteiger partial charge in [0.15, 0.2) is 0 Å². The molecule has 7 nitrogen and oxygen atoms in total. The molecule has 1 saturated heterocycles. The van der Waals surface area contributed by atoms with Crippen LogP contribution in [0.2, 0.25) is 0 Å². The lowest BCUT2D eigenvalue weighted by Crippen LogP contribution is -2.29. The van der Waals surface area contributed by atoms with Gasteiger partial charge in [-0.2, -0.15) is 5.10 Å². The van der Waals surface area contributed by atoms with Crippen LogP contribution in [-0.4, -0.2) is 46.5 Å². The maximum absolute atomic E-state index is 12.4. The number of nitrogens with one attached hydrogen (secondary N) is 1. The minimum absolute atomic E-state index is 0.0406. The molecule has 1 aliphatic rings. The van der Waals surface area contributed by atoms with Gasteiger partial charge in [-0.25, -0.2) is 4.98 Å².